The number of hydrogen-bond donors (Lipinski definition) is 1. The van der Waals surface area contributed by atoms with Crippen LogP contribution in [0.5, 0.6) is 0 Å². The van der Waals surface area contributed by atoms with Crippen molar-refractivity contribution in [2.45, 2.75) is 59.0 Å². The van der Waals surface area contributed by atoms with E-state index in [9.17, 15) is 4.79 Å². The highest BCUT2D eigenvalue weighted by Gasteiger charge is 2.29. The van der Waals surface area contributed by atoms with Gasteiger partial charge in [-0.15, -0.1) is 0 Å². The molecule has 1 unspecified atom stereocenters. The van der Waals surface area contributed by atoms with E-state index < -0.39 is 0 Å². The minimum absolute atomic E-state index is 0.0720. The van der Waals surface area contributed by atoms with E-state index in [1.54, 1.807) is 0 Å². The van der Waals surface area contributed by atoms with Gasteiger partial charge >= 0.3 is 6.03 Å². The summed E-state index contributed by atoms with van der Waals surface area (Å²) in [6, 6.07) is 2.77. The van der Waals surface area contributed by atoms with Gasteiger partial charge < -0.3 is 10.2 Å². The zero-order valence-corrected chi connectivity index (χ0v) is 13.0. The number of hydrogen-bond acceptors (Lipinski definition) is 2. The average molecular weight is 278 g/mol. The average Bonchev–Trinajstić information content (AvgIpc) is 3.02. The van der Waals surface area contributed by atoms with Gasteiger partial charge in [-0.1, -0.05) is 13.8 Å². The lowest BCUT2D eigenvalue weighted by Gasteiger charge is -2.22. The number of nitrogens with zero attached hydrogens (tertiary/aromatic N) is 3. The van der Waals surface area contributed by atoms with Crippen molar-refractivity contribution in [2.24, 2.45) is 0 Å². The standard InChI is InChI=1S/C15H26N4O/c1-5-13(6-2)16-15(20)18-8-7-14(10-18)19-12(4)9-11(3)17-19/h9,13-14H,5-8,10H2,1-4H3,(H,16,20). The summed E-state index contributed by atoms with van der Waals surface area (Å²) in [5.74, 6) is 0. The Bertz CT molecular complexity index is 464. The number of likely N-dealkylation sites (tertiary alicyclic amines) is 1. The second kappa shape index (κ2) is 6.29. The minimum atomic E-state index is 0.0720. The van der Waals surface area contributed by atoms with Crippen molar-refractivity contribution in [3.63, 3.8) is 0 Å². The highest BCUT2D eigenvalue weighted by Crippen LogP contribution is 2.23. The molecule has 1 aliphatic rings. The summed E-state index contributed by atoms with van der Waals surface area (Å²) in [6.45, 7) is 9.88. The largest absolute Gasteiger partial charge is 0.335 e. The third-order valence-corrected chi connectivity index (χ3v) is 4.15. The van der Waals surface area contributed by atoms with Crippen LogP contribution >= 0.6 is 0 Å². The molecule has 1 aromatic heterocycles. The van der Waals surface area contributed by atoms with Crippen molar-refractivity contribution in [1.82, 2.24) is 20.0 Å². The molecule has 1 saturated heterocycles. The number of rotatable bonds is 4. The Labute approximate surface area is 121 Å². The molecule has 0 aromatic carbocycles. The van der Waals surface area contributed by atoms with Gasteiger partial charge in [0.1, 0.15) is 0 Å². The Kier molecular flexibility index (Phi) is 4.68. The lowest BCUT2D eigenvalue weighted by molar-refractivity contribution is 0.201. The summed E-state index contributed by atoms with van der Waals surface area (Å²) in [7, 11) is 0. The first-order valence-electron chi connectivity index (χ1n) is 7.63. The van der Waals surface area contributed by atoms with Gasteiger partial charge in [-0.05, 0) is 39.2 Å². The van der Waals surface area contributed by atoms with Gasteiger partial charge in [-0.25, -0.2) is 4.79 Å². The third kappa shape index (κ3) is 3.14. The predicted octanol–water partition coefficient (Wildman–Crippen LogP) is 2.64. The molecule has 0 saturated carbocycles. The van der Waals surface area contributed by atoms with Crippen LogP contribution in [-0.4, -0.2) is 39.8 Å². The maximum Gasteiger partial charge on any atom is 0.317 e. The molecule has 1 fully saturated rings. The molecule has 112 valence electrons. The van der Waals surface area contributed by atoms with Crippen LogP contribution in [0, 0.1) is 13.8 Å². The van der Waals surface area contributed by atoms with E-state index in [1.807, 2.05) is 11.8 Å². The van der Waals surface area contributed by atoms with Crippen molar-refractivity contribution in [3.05, 3.63) is 17.5 Å². The fraction of sp³-hybridized carbons (Fsp3) is 0.733. The van der Waals surface area contributed by atoms with E-state index in [2.05, 4.69) is 41.9 Å². The molecule has 5 nitrogen and oxygen atoms in total. The summed E-state index contributed by atoms with van der Waals surface area (Å²) in [4.78, 5) is 14.1. The highest BCUT2D eigenvalue weighted by molar-refractivity contribution is 5.74. The summed E-state index contributed by atoms with van der Waals surface area (Å²) in [5.41, 5.74) is 2.22. The molecule has 2 heterocycles. The number of nitrogens with one attached hydrogen (secondary N) is 1. The molecule has 2 amide bonds. The van der Waals surface area contributed by atoms with Gasteiger partial charge in [-0.2, -0.15) is 5.10 Å². The molecule has 0 radical (unpaired) electrons. The molecule has 0 aliphatic carbocycles. The van der Waals surface area contributed by atoms with Crippen LogP contribution in [0.3, 0.4) is 0 Å². The van der Waals surface area contributed by atoms with E-state index in [-0.39, 0.29) is 12.1 Å². The van der Waals surface area contributed by atoms with E-state index in [1.165, 1.54) is 5.69 Å². The molecule has 0 bridgehead atoms. The fourth-order valence-corrected chi connectivity index (χ4v) is 2.90. The Hall–Kier alpha value is -1.52. The van der Waals surface area contributed by atoms with E-state index in [0.29, 0.717) is 6.04 Å². The first kappa shape index (κ1) is 14.9. The smallest absolute Gasteiger partial charge is 0.317 e. The highest BCUT2D eigenvalue weighted by atomic mass is 16.2. The molecule has 0 spiro atoms. The monoisotopic (exact) mass is 278 g/mol. The molecule has 1 aliphatic heterocycles. The lowest BCUT2D eigenvalue weighted by atomic mass is 10.2. The lowest BCUT2D eigenvalue weighted by Crippen LogP contribution is -2.43. The molecular formula is C15H26N4O. The topological polar surface area (TPSA) is 50.2 Å². The molecule has 20 heavy (non-hydrogen) atoms. The molecule has 2 rings (SSSR count). The summed E-state index contributed by atoms with van der Waals surface area (Å²) >= 11 is 0. The second-order valence-corrected chi connectivity index (χ2v) is 5.72. The van der Waals surface area contributed by atoms with E-state index in [4.69, 9.17) is 0 Å². The molecule has 5 heteroatoms. The zero-order chi connectivity index (χ0) is 14.7. The zero-order valence-electron chi connectivity index (χ0n) is 13.0. The number of carbonyl (C=O) groups excluding carboxylic acids is 1. The maximum absolute atomic E-state index is 12.2. The second-order valence-electron chi connectivity index (χ2n) is 5.72. The number of aromatic nitrogens is 2. The van der Waals surface area contributed by atoms with Crippen LogP contribution in [0.2, 0.25) is 0 Å². The maximum atomic E-state index is 12.2. The summed E-state index contributed by atoms with van der Waals surface area (Å²) < 4.78 is 2.07. The Morgan fingerprint density at radius 2 is 2.15 bits per heavy atom. The summed E-state index contributed by atoms with van der Waals surface area (Å²) in [6.07, 6.45) is 2.95. The van der Waals surface area contributed by atoms with Crippen molar-refractivity contribution >= 4 is 6.03 Å². The van der Waals surface area contributed by atoms with Gasteiger partial charge in [0.25, 0.3) is 0 Å². The molecule has 1 aromatic rings. The molecule has 1 atom stereocenters. The van der Waals surface area contributed by atoms with Crippen LogP contribution in [-0.2, 0) is 0 Å². The number of aryl methyl sites for hydroxylation is 2. The number of amides is 2. The minimum Gasteiger partial charge on any atom is -0.335 e. The number of carbonyl (C=O) groups is 1. The Morgan fingerprint density at radius 1 is 1.45 bits per heavy atom. The first-order chi connectivity index (χ1) is 9.55. The first-order valence-corrected chi connectivity index (χ1v) is 7.63. The normalized spacial score (nSPS) is 18.9. The van der Waals surface area contributed by atoms with Crippen LogP contribution < -0.4 is 5.32 Å². The van der Waals surface area contributed by atoms with E-state index >= 15 is 0 Å². The fourth-order valence-electron chi connectivity index (χ4n) is 2.90. The van der Waals surface area contributed by atoms with Crippen LogP contribution in [0.1, 0.15) is 50.5 Å². The van der Waals surface area contributed by atoms with Gasteiger partial charge in [0.2, 0.25) is 0 Å². The van der Waals surface area contributed by atoms with Gasteiger partial charge in [0.05, 0.1) is 11.7 Å². The Balaban J connectivity index is 1.95. The summed E-state index contributed by atoms with van der Waals surface area (Å²) in [5, 5.41) is 7.65. The molecular weight excluding hydrogens is 252 g/mol. The molecule has 1 N–H and O–H groups in total. The van der Waals surface area contributed by atoms with Crippen molar-refractivity contribution < 1.29 is 4.79 Å². The van der Waals surface area contributed by atoms with Gasteiger partial charge in [-0.3, -0.25) is 4.68 Å². The van der Waals surface area contributed by atoms with Gasteiger partial charge in [0.15, 0.2) is 0 Å². The quantitative estimate of drug-likeness (QED) is 0.920. The van der Waals surface area contributed by atoms with Crippen molar-refractivity contribution in [3.8, 4) is 0 Å². The van der Waals surface area contributed by atoms with Crippen LogP contribution in [0.25, 0.3) is 0 Å². The predicted molar refractivity (Wildman–Crippen MR) is 79.8 cm³/mol. The van der Waals surface area contributed by atoms with Crippen LogP contribution in [0.4, 0.5) is 4.79 Å². The Morgan fingerprint density at radius 3 is 2.70 bits per heavy atom. The van der Waals surface area contributed by atoms with Crippen molar-refractivity contribution in [2.75, 3.05) is 13.1 Å². The van der Waals surface area contributed by atoms with E-state index in [0.717, 1.165) is 38.0 Å². The van der Waals surface area contributed by atoms with Crippen LogP contribution in [0.15, 0.2) is 6.07 Å². The number of urea groups is 1. The SMILES string of the molecule is CCC(CC)NC(=O)N1CCC(n2nc(C)cc2C)C1. The van der Waals surface area contributed by atoms with Gasteiger partial charge in [0, 0.05) is 24.8 Å². The van der Waals surface area contributed by atoms with Crippen molar-refractivity contribution in [1.29, 1.82) is 0 Å². The third-order valence-electron chi connectivity index (χ3n) is 4.15.